The molecule has 1 aromatic carbocycles. The van der Waals surface area contributed by atoms with E-state index in [1.54, 1.807) is 40.5 Å². The number of nitrogens with one attached hydrogen (secondary N) is 3. The van der Waals surface area contributed by atoms with E-state index < -0.39 is 11.7 Å². The molecule has 0 fully saturated rings. The van der Waals surface area contributed by atoms with E-state index in [4.69, 9.17) is 18.9 Å². The molecule has 0 bridgehead atoms. The van der Waals surface area contributed by atoms with Crippen molar-refractivity contribution < 1.29 is 23.7 Å². The molecule has 0 aliphatic heterocycles. The molecular formula is C19H32N4O5. The first-order valence-corrected chi connectivity index (χ1v) is 8.94. The second-order valence-corrected chi connectivity index (χ2v) is 6.79. The Morgan fingerprint density at radius 2 is 1.54 bits per heavy atom. The summed E-state index contributed by atoms with van der Waals surface area (Å²) in [4.78, 5) is 15.8. The molecule has 1 rings (SSSR count). The first-order chi connectivity index (χ1) is 13.2. The predicted molar refractivity (Wildman–Crippen MR) is 109 cm³/mol. The number of hydrogen-bond donors (Lipinski definition) is 3. The van der Waals surface area contributed by atoms with Gasteiger partial charge in [-0.1, -0.05) is 0 Å². The molecule has 28 heavy (non-hydrogen) atoms. The molecular weight excluding hydrogens is 364 g/mol. The summed E-state index contributed by atoms with van der Waals surface area (Å²) in [6.45, 7) is 6.75. The number of benzene rings is 1. The molecule has 0 unspecified atom stereocenters. The quantitative estimate of drug-likeness (QED) is 0.350. The number of carbonyl (C=O) groups excluding carboxylic acids is 1. The lowest BCUT2D eigenvalue weighted by Crippen LogP contribution is -2.42. The van der Waals surface area contributed by atoms with Gasteiger partial charge >= 0.3 is 6.09 Å². The Hall–Kier alpha value is -2.84. The Balaban J connectivity index is 2.58. The van der Waals surface area contributed by atoms with E-state index in [1.807, 2.05) is 20.8 Å². The number of guanidine groups is 1. The van der Waals surface area contributed by atoms with Gasteiger partial charge in [-0.2, -0.15) is 0 Å². The third-order valence-corrected chi connectivity index (χ3v) is 3.56. The number of amides is 1. The maximum Gasteiger partial charge on any atom is 0.407 e. The zero-order valence-corrected chi connectivity index (χ0v) is 17.8. The van der Waals surface area contributed by atoms with Gasteiger partial charge in [0.15, 0.2) is 5.96 Å². The Bertz CT molecular complexity index is 646. The average molecular weight is 396 g/mol. The van der Waals surface area contributed by atoms with Crippen LogP contribution < -0.4 is 30.2 Å². The van der Waals surface area contributed by atoms with Gasteiger partial charge in [-0.25, -0.2) is 4.79 Å². The van der Waals surface area contributed by atoms with Crippen LogP contribution in [-0.4, -0.2) is 59.1 Å². The van der Waals surface area contributed by atoms with Gasteiger partial charge in [-0.15, -0.1) is 0 Å². The molecule has 0 aliphatic carbocycles. The highest BCUT2D eigenvalue weighted by atomic mass is 16.6. The van der Waals surface area contributed by atoms with Crippen LogP contribution in [0.1, 0.15) is 26.3 Å². The Kier molecular flexibility index (Phi) is 9.20. The van der Waals surface area contributed by atoms with E-state index in [0.29, 0.717) is 42.8 Å². The number of ether oxygens (including phenoxy) is 4. The number of aliphatic imine (C=N–C) groups is 1. The Morgan fingerprint density at radius 3 is 2.00 bits per heavy atom. The van der Waals surface area contributed by atoms with Crippen molar-refractivity contribution in [3.05, 3.63) is 17.7 Å². The van der Waals surface area contributed by atoms with Crippen LogP contribution in [0.4, 0.5) is 4.79 Å². The van der Waals surface area contributed by atoms with E-state index in [2.05, 4.69) is 20.9 Å². The first kappa shape index (κ1) is 23.2. The Labute approximate surface area is 166 Å². The molecule has 1 aromatic rings. The zero-order valence-electron chi connectivity index (χ0n) is 17.8. The molecule has 0 aromatic heterocycles. The molecule has 0 heterocycles. The molecule has 9 nitrogen and oxygen atoms in total. The number of carbonyl (C=O) groups is 1. The molecule has 0 spiro atoms. The maximum atomic E-state index is 11.6. The van der Waals surface area contributed by atoms with Gasteiger partial charge in [0.25, 0.3) is 0 Å². The van der Waals surface area contributed by atoms with Crippen LogP contribution in [0, 0.1) is 0 Å². The Morgan fingerprint density at radius 1 is 0.964 bits per heavy atom. The first-order valence-electron chi connectivity index (χ1n) is 8.94. The van der Waals surface area contributed by atoms with E-state index in [9.17, 15) is 4.79 Å². The number of rotatable bonds is 8. The second-order valence-electron chi connectivity index (χ2n) is 6.79. The topological polar surface area (TPSA) is 102 Å². The van der Waals surface area contributed by atoms with Gasteiger partial charge < -0.3 is 34.9 Å². The standard InChI is InChI=1S/C19H32N4O5/c1-19(2,3)28-18(24)22-9-8-21-17(20-4)23-12-14-15(26-6)10-13(25-5)11-16(14)27-7/h10-11H,8-9,12H2,1-7H3,(H,22,24)(H2,20,21,23). The summed E-state index contributed by atoms with van der Waals surface area (Å²) in [7, 11) is 6.43. The highest BCUT2D eigenvalue weighted by molar-refractivity contribution is 5.79. The second kappa shape index (κ2) is 11.1. The minimum absolute atomic E-state index is 0.394. The summed E-state index contributed by atoms with van der Waals surface area (Å²) in [5.41, 5.74) is 0.312. The fourth-order valence-corrected chi connectivity index (χ4v) is 2.30. The van der Waals surface area contributed by atoms with Crippen molar-refractivity contribution in [2.75, 3.05) is 41.5 Å². The summed E-state index contributed by atoms with van der Waals surface area (Å²) in [6, 6.07) is 3.58. The minimum atomic E-state index is -0.522. The van der Waals surface area contributed by atoms with Gasteiger partial charge in [0.2, 0.25) is 0 Å². The van der Waals surface area contributed by atoms with Crippen LogP contribution in [0.3, 0.4) is 0 Å². The van der Waals surface area contributed by atoms with Crippen molar-refractivity contribution in [1.82, 2.24) is 16.0 Å². The van der Waals surface area contributed by atoms with Crippen LogP contribution in [0.25, 0.3) is 0 Å². The molecule has 0 saturated carbocycles. The molecule has 0 aliphatic rings. The molecule has 158 valence electrons. The largest absolute Gasteiger partial charge is 0.496 e. The number of nitrogens with zero attached hydrogens (tertiary/aromatic N) is 1. The van der Waals surface area contributed by atoms with E-state index in [1.165, 1.54) is 0 Å². The molecule has 9 heteroatoms. The lowest BCUT2D eigenvalue weighted by molar-refractivity contribution is 0.0529. The molecule has 0 saturated heterocycles. The summed E-state index contributed by atoms with van der Waals surface area (Å²) in [5.74, 6) is 2.51. The van der Waals surface area contributed by atoms with Crippen molar-refractivity contribution in [3.8, 4) is 17.2 Å². The average Bonchev–Trinajstić information content (AvgIpc) is 2.65. The SMILES string of the molecule is CN=C(NCCNC(=O)OC(C)(C)C)NCc1c(OC)cc(OC)cc1OC. The summed E-state index contributed by atoms with van der Waals surface area (Å²) in [5, 5.41) is 8.99. The van der Waals surface area contributed by atoms with Gasteiger partial charge in [0, 0.05) is 32.3 Å². The lowest BCUT2D eigenvalue weighted by atomic mass is 10.1. The smallest absolute Gasteiger partial charge is 0.407 e. The number of methoxy groups -OCH3 is 3. The highest BCUT2D eigenvalue weighted by Gasteiger charge is 2.16. The highest BCUT2D eigenvalue weighted by Crippen LogP contribution is 2.33. The third kappa shape index (κ3) is 7.81. The fraction of sp³-hybridized carbons (Fsp3) is 0.579. The number of hydrogen-bond acceptors (Lipinski definition) is 6. The van der Waals surface area contributed by atoms with Crippen LogP contribution in [0.5, 0.6) is 17.2 Å². The van der Waals surface area contributed by atoms with Crippen molar-refractivity contribution >= 4 is 12.1 Å². The maximum absolute atomic E-state index is 11.6. The molecule has 1 amide bonds. The third-order valence-electron chi connectivity index (χ3n) is 3.56. The normalized spacial score (nSPS) is 11.5. The molecule has 0 atom stereocenters. The van der Waals surface area contributed by atoms with Gasteiger partial charge in [0.1, 0.15) is 22.8 Å². The lowest BCUT2D eigenvalue weighted by Gasteiger charge is -2.20. The summed E-state index contributed by atoms with van der Waals surface area (Å²) >= 11 is 0. The minimum Gasteiger partial charge on any atom is -0.496 e. The zero-order chi connectivity index (χ0) is 21.2. The predicted octanol–water partition coefficient (Wildman–Crippen LogP) is 1.90. The van der Waals surface area contributed by atoms with Gasteiger partial charge in [0.05, 0.1) is 33.4 Å². The molecule has 3 N–H and O–H groups in total. The monoisotopic (exact) mass is 396 g/mol. The number of alkyl carbamates (subject to hydrolysis) is 1. The van der Waals surface area contributed by atoms with E-state index in [0.717, 1.165) is 5.56 Å². The van der Waals surface area contributed by atoms with E-state index >= 15 is 0 Å². The van der Waals surface area contributed by atoms with Crippen LogP contribution in [0.2, 0.25) is 0 Å². The molecule has 0 radical (unpaired) electrons. The van der Waals surface area contributed by atoms with Crippen LogP contribution >= 0.6 is 0 Å². The summed E-state index contributed by atoms with van der Waals surface area (Å²) in [6.07, 6.45) is -0.454. The summed E-state index contributed by atoms with van der Waals surface area (Å²) < 4.78 is 21.3. The van der Waals surface area contributed by atoms with E-state index in [-0.39, 0.29) is 0 Å². The van der Waals surface area contributed by atoms with Crippen molar-refractivity contribution in [1.29, 1.82) is 0 Å². The van der Waals surface area contributed by atoms with Crippen molar-refractivity contribution in [2.24, 2.45) is 4.99 Å². The van der Waals surface area contributed by atoms with Crippen molar-refractivity contribution in [3.63, 3.8) is 0 Å². The van der Waals surface area contributed by atoms with Gasteiger partial charge in [-0.3, -0.25) is 4.99 Å². The fourth-order valence-electron chi connectivity index (χ4n) is 2.30. The van der Waals surface area contributed by atoms with Gasteiger partial charge in [-0.05, 0) is 20.8 Å². The van der Waals surface area contributed by atoms with Crippen LogP contribution in [-0.2, 0) is 11.3 Å². The van der Waals surface area contributed by atoms with Crippen LogP contribution in [0.15, 0.2) is 17.1 Å². The van der Waals surface area contributed by atoms with Crippen molar-refractivity contribution in [2.45, 2.75) is 32.9 Å².